The van der Waals surface area contributed by atoms with Crippen molar-refractivity contribution in [3.63, 3.8) is 0 Å². The molecule has 0 saturated heterocycles. The Labute approximate surface area is 144 Å². The molecule has 24 heavy (non-hydrogen) atoms. The Morgan fingerprint density at radius 1 is 1.00 bits per heavy atom. The maximum absolute atomic E-state index is 12.8. The maximum Gasteiger partial charge on any atom is 0.346 e. The molecule has 0 amide bonds. The summed E-state index contributed by atoms with van der Waals surface area (Å²) < 4.78 is 5.81. The first-order chi connectivity index (χ1) is 11.7. The number of hydrogen-bond acceptors (Lipinski definition) is 4. The Morgan fingerprint density at radius 3 is 2.46 bits per heavy atom. The van der Waals surface area contributed by atoms with Crippen molar-refractivity contribution in [2.75, 3.05) is 19.0 Å². The summed E-state index contributed by atoms with van der Waals surface area (Å²) in [5.41, 5.74) is 4.28. The van der Waals surface area contributed by atoms with Gasteiger partial charge in [0.15, 0.2) is 0 Å². The zero-order chi connectivity index (χ0) is 16.7. The van der Waals surface area contributed by atoms with Crippen LogP contribution in [-0.2, 0) is 5.75 Å². The molecule has 0 unspecified atom stereocenters. The Balaban J connectivity index is 2.06. The van der Waals surface area contributed by atoms with Crippen LogP contribution in [0.3, 0.4) is 0 Å². The third kappa shape index (κ3) is 2.34. The number of fused-ring (bicyclic) bond motifs is 3. The van der Waals surface area contributed by atoms with E-state index in [0.717, 1.165) is 33.0 Å². The van der Waals surface area contributed by atoms with Gasteiger partial charge in [-0.3, -0.25) is 0 Å². The summed E-state index contributed by atoms with van der Waals surface area (Å²) in [7, 11) is 3.96. The molecule has 2 heterocycles. The van der Waals surface area contributed by atoms with Crippen molar-refractivity contribution < 1.29 is 4.42 Å². The minimum absolute atomic E-state index is 0.287. The molecule has 1 aliphatic rings. The Bertz CT molecular complexity index is 961. The monoisotopic (exact) mass is 335 g/mol. The fourth-order valence-electron chi connectivity index (χ4n) is 3.19. The lowest BCUT2D eigenvalue weighted by Gasteiger charge is -2.26. The van der Waals surface area contributed by atoms with Gasteiger partial charge in [0.05, 0.1) is 11.3 Å². The summed E-state index contributed by atoms with van der Waals surface area (Å²) in [5.74, 6) is 1.50. The number of rotatable bonds is 2. The topological polar surface area (TPSA) is 33.5 Å². The van der Waals surface area contributed by atoms with E-state index in [1.807, 2.05) is 67.5 Å². The van der Waals surface area contributed by atoms with Crippen LogP contribution in [0.1, 0.15) is 5.56 Å². The van der Waals surface area contributed by atoms with E-state index in [1.165, 1.54) is 0 Å². The second kappa shape index (κ2) is 5.87. The van der Waals surface area contributed by atoms with Gasteiger partial charge in [-0.05, 0) is 11.6 Å². The molecule has 120 valence electrons. The first-order valence-electron chi connectivity index (χ1n) is 7.81. The van der Waals surface area contributed by atoms with Crippen molar-refractivity contribution in [3.05, 3.63) is 70.6 Å². The summed E-state index contributed by atoms with van der Waals surface area (Å²) >= 11 is 1.78. The molecule has 1 aromatic heterocycles. The van der Waals surface area contributed by atoms with Gasteiger partial charge in [0, 0.05) is 35.9 Å². The average molecular weight is 335 g/mol. The van der Waals surface area contributed by atoms with Gasteiger partial charge in [-0.15, -0.1) is 11.8 Å². The zero-order valence-electron chi connectivity index (χ0n) is 13.6. The van der Waals surface area contributed by atoms with Gasteiger partial charge in [0.2, 0.25) is 0 Å². The Kier molecular flexibility index (Phi) is 3.69. The van der Waals surface area contributed by atoms with Crippen LogP contribution in [0.4, 0.5) is 5.69 Å². The molecular weight excluding hydrogens is 318 g/mol. The van der Waals surface area contributed by atoms with Gasteiger partial charge in [-0.2, -0.15) is 0 Å². The molecule has 0 atom stereocenters. The van der Waals surface area contributed by atoms with Crippen LogP contribution in [-0.4, -0.2) is 14.1 Å². The van der Waals surface area contributed by atoms with Gasteiger partial charge in [-0.25, -0.2) is 4.79 Å². The number of anilines is 1. The lowest BCUT2D eigenvalue weighted by molar-refractivity contribution is 0.522. The molecule has 0 spiro atoms. The van der Waals surface area contributed by atoms with Crippen molar-refractivity contribution >= 4 is 17.4 Å². The normalized spacial score (nSPS) is 12.4. The highest BCUT2D eigenvalue weighted by Crippen LogP contribution is 2.46. The molecule has 0 radical (unpaired) electrons. The van der Waals surface area contributed by atoms with Crippen LogP contribution in [0.15, 0.2) is 68.7 Å². The summed E-state index contributed by atoms with van der Waals surface area (Å²) in [5, 5.41) is 0. The highest BCUT2D eigenvalue weighted by Gasteiger charge is 2.27. The lowest BCUT2D eigenvalue weighted by atomic mass is 9.99. The standard InChI is InChI=1S/C20H17NO2S/c1-21(2)18-15-12-24-16-11-7-6-10-14(16)19(15)23-20(22)17(18)13-8-4-3-5-9-13/h3-11H,12H2,1-2H3. The fourth-order valence-corrected chi connectivity index (χ4v) is 4.25. The quantitative estimate of drug-likeness (QED) is 0.683. The highest BCUT2D eigenvalue weighted by atomic mass is 32.2. The van der Waals surface area contributed by atoms with E-state index in [-0.39, 0.29) is 5.63 Å². The minimum atomic E-state index is -0.287. The summed E-state index contributed by atoms with van der Waals surface area (Å²) in [6.07, 6.45) is 0. The van der Waals surface area contributed by atoms with E-state index < -0.39 is 0 Å². The van der Waals surface area contributed by atoms with E-state index in [9.17, 15) is 4.79 Å². The molecule has 4 rings (SSSR count). The first kappa shape index (κ1) is 15.1. The van der Waals surface area contributed by atoms with Crippen LogP contribution < -0.4 is 10.5 Å². The number of hydrogen-bond donors (Lipinski definition) is 0. The third-order valence-electron chi connectivity index (χ3n) is 4.21. The van der Waals surface area contributed by atoms with Crippen LogP contribution in [0.5, 0.6) is 0 Å². The van der Waals surface area contributed by atoms with Gasteiger partial charge in [0.25, 0.3) is 0 Å². The van der Waals surface area contributed by atoms with Crippen molar-refractivity contribution in [1.82, 2.24) is 0 Å². The number of thioether (sulfide) groups is 1. The summed E-state index contributed by atoms with van der Waals surface area (Å²) in [6.45, 7) is 0. The molecule has 0 N–H and O–H groups in total. The fraction of sp³-hybridized carbons (Fsp3) is 0.150. The highest BCUT2D eigenvalue weighted by molar-refractivity contribution is 7.98. The van der Waals surface area contributed by atoms with Crippen LogP contribution in [0, 0.1) is 0 Å². The van der Waals surface area contributed by atoms with Gasteiger partial charge < -0.3 is 9.32 Å². The van der Waals surface area contributed by atoms with Crippen molar-refractivity contribution in [2.24, 2.45) is 0 Å². The molecule has 0 fully saturated rings. The minimum Gasteiger partial charge on any atom is -0.422 e. The van der Waals surface area contributed by atoms with E-state index in [2.05, 4.69) is 6.07 Å². The first-order valence-corrected chi connectivity index (χ1v) is 8.80. The summed E-state index contributed by atoms with van der Waals surface area (Å²) in [6, 6.07) is 17.8. The molecule has 3 nitrogen and oxygen atoms in total. The Morgan fingerprint density at radius 2 is 1.71 bits per heavy atom. The SMILES string of the molecule is CN(C)c1c2c(oc(=O)c1-c1ccccc1)-c1ccccc1SC2. The average Bonchev–Trinajstić information content (AvgIpc) is 2.61. The molecule has 2 aromatic carbocycles. The third-order valence-corrected chi connectivity index (χ3v) is 5.31. The van der Waals surface area contributed by atoms with E-state index >= 15 is 0 Å². The molecule has 0 bridgehead atoms. The predicted octanol–water partition coefficient (Wildman–Crippen LogP) is 4.65. The van der Waals surface area contributed by atoms with Crippen LogP contribution in [0.2, 0.25) is 0 Å². The molecule has 1 aliphatic heterocycles. The molecule has 4 heteroatoms. The van der Waals surface area contributed by atoms with Crippen LogP contribution >= 0.6 is 11.8 Å². The molecule has 3 aromatic rings. The predicted molar refractivity (Wildman–Crippen MR) is 99.7 cm³/mol. The van der Waals surface area contributed by atoms with Crippen molar-refractivity contribution in [3.8, 4) is 22.5 Å². The van der Waals surface area contributed by atoms with Gasteiger partial charge in [0.1, 0.15) is 5.76 Å². The van der Waals surface area contributed by atoms with Gasteiger partial charge >= 0.3 is 5.63 Å². The largest absolute Gasteiger partial charge is 0.422 e. The van der Waals surface area contributed by atoms with E-state index in [0.29, 0.717) is 11.3 Å². The van der Waals surface area contributed by atoms with E-state index in [1.54, 1.807) is 11.8 Å². The Hall–Kier alpha value is -2.46. The summed E-state index contributed by atoms with van der Waals surface area (Å²) in [4.78, 5) is 16.0. The van der Waals surface area contributed by atoms with Gasteiger partial charge in [-0.1, -0.05) is 48.5 Å². The van der Waals surface area contributed by atoms with E-state index in [4.69, 9.17) is 4.42 Å². The molecule has 0 saturated carbocycles. The zero-order valence-corrected chi connectivity index (χ0v) is 14.4. The van der Waals surface area contributed by atoms with Crippen molar-refractivity contribution in [2.45, 2.75) is 10.6 Å². The number of benzene rings is 2. The number of nitrogens with zero attached hydrogens (tertiary/aromatic N) is 1. The smallest absolute Gasteiger partial charge is 0.346 e. The maximum atomic E-state index is 12.8. The molecular formula is C20H17NO2S. The van der Waals surface area contributed by atoms with Crippen molar-refractivity contribution in [1.29, 1.82) is 0 Å². The second-order valence-electron chi connectivity index (χ2n) is 5.97. The lowest BCUT2D eigenvalue weighted by Crippen LogP contribution is -2.19. The second-order valence-corrected chi connectivity index (χ2v) is 6.98. The van der Waals surface area contributed by atoms with Crippen LogP contribution in [0.25, 0.3) is 22.5 Å². The molecule has 0 aliphatic carbocycles.